The van der Waals surface area contributed by atoms with Gasteiger partial charge in [-0.1, -0.05) is 11.3 Å². The number of nitrogens with one attached hydrogen (secondary N) is 2. The maximum Gasteiger partial charge on any atom is 0.325 e. The zero-order chi connectivity index (χ0) is 20.5. The number of methoxy groups -OCH3 is 2. The maximum atomic E-state index is 12.9. The summed E-state index contributed by atoms with van der Waals surface area (Å²) in [5.74, 6) is -0.591. The molecular weight excluding hydrogens is 387 g/mol. The molecule has 0 radical (unpaired) electrons. The molecule has 0 saturated heterocycles. The number of anilines is 2. The molecule has 2 N–H and O–H groups in total. The summed E-state index contributed by atoms with van der Waals surface area (Å²) >= 11 is 1.09. The monoisotopic (exact) mass is 410 g/mol. The number of aromatic nitrogens is 1. The van der Waals surface area contributed by atoms with Gasteiger partial charge in [-0.25, -0.2) is 14.2 Å². The average molecular weight is 410 g/mol. The number of urea groups is 1. The van der Waals surface area contributed by atoms with Crippen LogP contribution >= 0.6 is 11.3 Å². The first kappa shape index (κ1) is 21.7. The van der Waals surface area contributed by atoms with Gasteiger partial charge in [0.05, 0.1) is 18.9 Å². The second-order valence-corrected chi connectivity index (χ2v) is 6.80. The molecule has 1 aromatic carbocycles. The highest BCUT2D eigenvalue weighted by molar-refractivity contribution is 7.17. The molecule has 0 fully saturated rings. The van der Waals surface area contributed by atoms with Crippen LogP contribution in [0.1, 0.15) is 15.4 Å². The highest BCUT2D eigenvalue weighted by Crippen LogP contribution is 2.24. The van der Waals surface area contributed by atoms with E-state index in [9.17, 15) is 14.0 Å². The van der Waals surface area contributed by atoms with Crippen molar-refractivity contribution in [3.05, 3.63) is 40.7 Å². The molecule has 0 spiro atoms. The SMILES string of the molecule is COCCN(CCOC)C(=O)c1sc(NC(=O)Nc2ccc(F)cc2)nc1C. The Labute approximate surface area is 166 Å². The Bertz CT molecular complexity index is 789. The molecule has 28 heavy (non-hydrogen) atoms. The molecule has 2 aromatic rings. The van der Waals surface area contributed by atoms with E-state index in [2.05, 4.69) is 15.6 Å². The van der Waals surface area contributed by atoms with E-state index in [0.29, 0.717) is 47.7 Å². The van der Waals surface area contributed by atoms with Crippen molar-refractivity contribution in [3.63, 3.8) is 0 Å². The molecule has 1 heterocycles. The highest BCUT2D eigenvalue weighted by atomic mass is 32.1. The molecule has 8 nitrogen and oxygen atoms in total. The Kier molecular flexibility index (Phi) is 8.30. The van der Waals surface area contributed by atoms with Gasteiger partial charge in [-0.2, -0.15) is 0 Å². The summed E-state index contributed by atoms with van der Waals surface area (Å²) in [4.78, 5) is 31.2. The van der Waals surface area contributed by atoms with Gasteiger partial charge < -0.3 is 19.7 Å². The van der Waals surface area contributed by atoms with E-state index in [1.54, 1.807) is 26.0 Å². The summed E-state index contributed by atoms with van der Waals surface area (Å²) in [5, 5.41) is 5.46. The molecule has 0 unspecified atom stereocenters. The quantitative estimate of drug-likeness (QED) is 0.663. The minimum atomic E-state index is -0.532. The van der Waals surface area contributed by atoms with Gasteiger partial charge in [0, 0.05) is 33.0 Å². The lowest BCUT2D eigenvalue weighted by molar-refractivity contribution is 0.0631. The standard InChI is InChI=1S/C18H23FN4O4S/c1-12-15(16(24)23(8-10-26-2)9-11-27-3)28-18(20-12)22-17(25)21-14-6-4-13(19)5-7-14/h4-7H,8-11H2,1-3H3,(H2,20,21,22,25). The van der Waals surface area contributed by atoms with E-state index >= 15 is 0 Å². The van der Waals surface area contributed by atoms with E-state index in [1.807, 2.05) is 0 Å². The van der Waals surface area contributed by atoms with Crippen LogP contribution in [-0.4, -0.2) is 62.3 Å². The largest absolute Gasteiger partial charge is 0.383 e. The molecule has 0 saturated carbocycles. The van der Waals surface area contributed by atoms with Gasteiger partial charge >= 0.3 is 6.03 Å². The number of hydrogen-bond acceptors (Lipinski definition) is 6. The summed E-state index contributed by atoms with van der Waals surface area (Å²) in [6.45, 7) is 3.35. The molecule has 3 amide bonds. The zero-order valence-corrected chi connectivity index (χ0v) is 16.8. The topological polar surface area (TPSA) is 92.8 Å². The lowest BCUT2D eigenvalue weighted by Gasteiger charge is -2.21. The normalized spacial score (nSPS) is 10.6. The third kappa shape index (κ3) is 6.25. The minimum absolute atomic E-state index is 0.198. The van der Waals surface area contributed by atoms with Crippen LogP contribution in [0.15, 0.2) is 24.3 Å². The fourth-order valence-corrected chi connectivity index (χ4v) is 3.23. The van der Waals surface area contributed by atoms with Gasteiger partial charge in [0.1, 0.15) is 10.7 Å². The number of halogens is 1. The summed E-state index contributed by atoms with van der Waals surface area (Å²) in [6.07, 6.45) is 0. The van der Waals surface area contributed by atoms with Gasteiger partial charge in [0.15, 0.2) is 5.13 Å². The van der Waals surface area contributed by atoms with Gasteiger partial charge in [0.2, 0.25) is 0 Å². The van der Waals surface area contributed by atoms with Crippen molar-refractivity contribution in [3.8, 4) is 0 Å². The number of benzene rings is 1. The fourth-order valence-electron chi connectivity index (χ4n) is 2.30. The van der Waals surface area contributed by atoms with Crippen molar-refractivity contribution < 1.29 is 23.5 Å². The van der Waals surface area contributed by atoms with Gasteiger partial charge in [-0.15, -0.1) is 0 Å². The van der Waals surface area contributed by atoms with Crippen molar-refractivity contribution in [1.29, 1.82) is 0 Å². The molecule has 0 bridgehead atoms. The van der Waals surface area contributed by atoms with E-state index in [1.165, 1.54) is 24.3 Å². The smallest absolute Gasteiger partial charge is 0.325 e. The number of aryl methyl sites for hydroxylation is 1. The van der Waals surface area contributed by atoms with Crippen molar-refractivity contribution in [2.75, 3.05) is 51.2 Å². The fraction of sp³-hybridized carbons (Fsp3) is 0.389. The summed E-state index contributed by atoms with van der Waals surface area (Å²) in [5.41, 5.74) is 0.959. The van der Waals surface area contributed by atoms with Crippen LogP contribution in [0.2, 0.25) is 0 Å². The molecule has 1 aromatic heterocycles. The zero-order valence-electron chi connectivity index (χ0n) is 16.0. The van der Waals surface area contributed by atoms with Crippen molar-refractivity contribution in [2.24, 2.45) is 0 Å². The maximum absolute atomic E-state index is 12.9. The molecule has 0 aliphatic rings. The number of amides is 3. The number of nitrogens with zero attached hydrogens (tertiary/aromatic N) is 2. The first-order chi connectivity index (χ1) is 13.4. The number of carbonyl (C=O) groups excluding carboxylic acids is 2. The number of ether oxygens (including phenoxy) is 2. The first-order valence-corrected chi connectivity index (χ1v) is 9.34. The second-order valence-electron chi connectivity index (χ2n) is 5.80. The van der Waals surface area contributed by atoms with Gasteiger partial charge in [-0.05, 0) is 31.2 Å². The Morgan fingerprint density at radius 3 is 2.29 bits per heavy atom. The number of rotatable bonds is 9. The molecule has 0 aliphatic carbocycles. The van der Waals surface area contributed by atoms with Crippen LogP contribution < -0.4 is 10.6 Å². The van der Waals surface area contributed by atoms with Crippen LogP contribution in [0, 0.1) is 12.7 Å². The third-order valence-electron chi connectivity index (χ3n) is 3.73. The number of carbonyl (C=O) groups is 2. The van der Waals surface area contributed by atoms with E-state index in [0.717, 1.165) is 11.3 Å². The lowest BCUT2D eigenvalue weighted by Crippen LogP contribution is -2.36. The number of hydrogen-bond donors (Lipinski definition) is 2. The lowest BCUT2D eigenvalue weighted by atomic mass is 10.3. The molecule has 0 aliphatic heterocycles. The number of thiazole rings is 1. The van der Waals surface area contributed by atoms with Crippen molar-refractivity contribution in [1.82, 2.24) is 9.88 Å². The van der Waals surface area contributed by atoms with Crippen LogP contribution in [0.3, 0.4) is 0 Å². The average Bonchev–Trinajstić information content (AvgIpc) is 3.03. The molecule has 10 heteroatoms. The van der Waals surface area contributed by atoms with E-state index < -0.39 is 11.8 Å². The Balaban J connectivity index is 2.04. The molecule has 152 valence electrons. The molecule has 0 atom stereocenters. The van der Waals surface area contributed by atoms with Crippen LogP contribution in [0.4, 0.5) is 20.0 Å². The van der Waals surface area contributed by atoms with Crippen molar-refractivity contribution >= 4 is 34.1 Å². The Morgan fingerprint density at radius 2 is 1.71 bits per heavy atom. The highest BCUT2D eigenvalue weighted by Gasteiger charge is 2.22. The molecule has 2 rings (SSSR count). The first-order valence-electron chi connectivity index (χ1n) is 8.52. The predicted molar refractivity (Wildman–Crippen MR) is 106 cm³/mol. The van der Waals surface area contributed by atoms with Crippen molar-refractivity contribution in [2.45, 2.75) is 6.92 Å². The summed E-state index contributed by atoms with van der Waals surface area (Å²) in [6, 6.07) is 4.85. The summed E-state index contributed by atoms with van der Waals surface area (Å²) < 4.78 is 23.0. The predicted octanol–water partition coefficient (Wildman–Crippen LogP) is 2.97. The van der Waals surface area contributed by atoms with Crippen LogP contribution in [-0.2, 0) is 9.47 Å². The van der Waals surface area contributed by atoms with Crippen LogP contribution in [0.25, 0.3) is 0 Å². The van der Waals surface area contributed by atoms with Gasteiger partial charge in [0.25, 0.3) is 5.91 Å². The summed E-state index contributed by atoms with van der Waals surface area (Å²) in [7, 11) is 3.14. The minimum Gasteiger partial charge on any atom is -0.383 e. The molecular formula is C18H23FN4O4S. The van der Waals surface area contributed by atoms with E-state index in [-0.39, 0.29) is 5.91 Å². The third-order valence-corrected chi connectivity index (χ3v) is 4.79. The second kappa shape index (κ2) is 10.7. The Hall–Kier alpha value is -2.56. The van der Waals surface area contributed by atoms with Crippen LogP contribution in [0.5, 0.6) is 0 Å². The van der Waals surface area contributed by atoms with Gasteiger partial charge in [-0.3, -0.25) is 10.1 Å². The Morgan fingerprint density at radius 1 is 1.11 bits per heavy atom. The van der Waals surface area contributed by atoms with E-state index in [4.69, 9.17) is 9.47 Å².